The van der Waals surface area contributed by atoms with Gasteiger partial charge in [-0.15, -0.1) is 0 Å². The molecule has 1 amide bonds. The molecule has 3 aromatic carbocycles. The number of carbonyl (C=O) groups excluding carboxylic acids is 1. The van der Waals surface area contributed by atoms with Gasteiger partial charge in [0.15, 0.2) is 0 Å². The fraction of sp³-hybridized carbons (Fsp3) is 0.259. The minimum atomic E-state index is -0.254. The number of hydrogen-bond donors (Lipinski definition) is 1. The van der Waals surface area contributed by atoms with E-state index >= 15 is 0 Å². The number of piperidine rings is 1. The summed E-state index contributed by atoms with van der Waals surface area (Å²) in [6.45, 7) is 2.90. The molecule has 0 bridgehead atoms. The van der Waals surface area contributed by atoms with Crippen LogP contribution in [0.15, 0.2) is 77.3 Å². The van der Waals surface area contributed by atoms with Crippen LogP contribution >= 0.6 is 15.9 Å². The van der Waals surface area contributed by atoms with E-state index in [1.54, 1.807) is 12.1 Å². The first kappa shape index (κ1) is 22.7. The third-order valence-electron chi connectivity index (χ3n) is 6.42. The molecule has 0 radical (unpaired) electrons. The van der Waals surface area contributed by atoms with Crippen LogP contribution in [0.1, 0.15) is 24.2 Å². The Labute approximate surface area is 206 Å². The number of imidazole rings is 1. The summed E-state index contributed by atoms with van der Waals surface area (Å²) >= 11 is 3.43. The molecule has 5 rings (SSSR count). The zero-order chi connectivity index (χ0) is 23.5. The zero-order valence-electron chi connectivity index (χ0n) is 18.8. The van der Waals surface area contributed by atoms with Gasteiger partial charge in [-0.1, -0.05) is 40.2 Å². The van der Waals surface area contributed by atoms with Crippen LogP contribution < -0.4 is 5.32 Å². The number of benzene rings is 3. The summed E-state index contributed by atoms with van der Waals surface area (Å²) in [7, 11) is 0. The largest absolute Gasteiger partial charge is 0.352 e. The van der Waals surface area contributed by atoms with Crippen molar-refractivity contribution >= 4 is 32.9 Å². The summed E-state index contributed by atoms with van der Waals surface area (Å²) in [5.41, 5.74) is 3.91. The average Bonchev–Trinajstić information content (AvgIpc) is 3.22. The second-order valence-corrected chi connectivity index (χ2v) is 9.64. The van der Waals surface area contributed by atoms with Gasteiger partial charge < -0.3 is 5.32 Å². The minimum absolute atomic E-state index is 0.0302. The van der Waals surface area contributed by atoms with Crippen molar-refractivity contribution in [2.75, 3.05) is 13.1 Å². The Balaban J connectivity index is 1.24. The number of fused-ring (bicyclic) bond motifs is 1. The number of carbonyl (C=O) groups is 1. The Hall–Kier alpha value is -3.03. The summed E-state index contributed by atoms with van der Waals surface area (Å²) in [6, 6.07) is 22.5. The van der Waals surface area contributed by atoms with Gasteiger partial charge in [0.25, 0.3) is 0 Å². The number of amides is 1. The molecule has 1 saturated heterocycles. The fourth-order valence-corrected chi connectivity index (χ4v) is 4.81. The predicted octanol–water partition coefficient (Wildman–Crippen LogP) is 5.46. The van der Waals surface area contributed by atoms with Gasteiger partial charge in [0.1, 0.15) is 11.6 Å². The maximum Gasteiger partial charge on any atom is 0.223 e. The molecule has 0 aliphatic carbocycles. The molecule has 174 valence electrons. The SMILES string of the molecule is O=C(NCc1ccc(Br)cc1)C1CCN(Cc2nc3ccccc3n2-c2ccc(F)cc2)CC1. The van der Waals surface area contributed by atoms with Gasteiger partial charge in [-0.2, -0.15) is 0 Å². The topological polar surface area (TPSA) is 50.2 Å². The Morgan fingerprint density at radius 2 is 1.71 bits per heavy atom. The van der Waals surface area contributed by atoms with Gasteiger partial charge in [-0.05, 0) is 80.0 Å². The molecule has 4 aromatic rings. The monoisotopic (exact) mass is 520 g/mol. The molecular weight excluding hydrogens is 495 g/mol. The highest BCUT2D eigenvalue weighted by molar-refractivity contribution is 9.10. The van der Waals surface area contributed by atoms with E-state index in [0.29, 0.717) is 13.1 Å². The van der Waals surface area contributed by atoms with Crippen LogP contribution in [0.25, 0.3) is 16.7 Å². The first-order chi connectivity index (χ1) is 16.6. The number of halogens is 2. The van der Waals surface area contributed by atoms with Crippen molar-refractivity contribution in [1.29, 1.82) is 0 Å². The maximum atomic E-state index is 13.5. The van der Waals surface area contributed by atoms with E-state index < -0.39 is 0 Å². The molecule has 0 unspecified atom stereocenters. The van der Waals surface area contributed by atoms with Crippen LogP contribution in [0.4, 0.5) is 4.39 Å². The lowest BCUT2D eigenvalue weighted by atomic mass is 9.96. The second kappa shape index (κ2) is 10.1. The molecular formula is C27H26BrFN4O. The van der Waals surface area contributed by atoms with Crippen molar-refractivity contribution in [2.45, 2.75) is 25.9 Å². The molecule has 0 spiro atoms. The van der Waals surface area contributed by atoms with Crippen LogP contribution in [-0.2, 0) is 17.9 Å². The van der Waals surface area contributed by atoms with E-state index in [9.17, 15) is 9.18 Å². The lowest BCUT2D eigenvalue weighted by Gasteiger charge is -2.31. The molecule has 0 saturated carbocycles. The van der Waals surface area contributed by atoms with E-state index in [1.807, 2.05) is 48.5 Å². The molecule has 2 heterocycles. The van der Waals surface area contributed by atoms with Crippen LogP contribution in [0, 0.1) is 11.7 Å². The molecule has 0 atom stereocenters. The second-order valence-electron chi connectivity index (χ2n) is 8.72. The molecule has 1 N–H and O–H groups in total. The number of para-hydroxylation sites is 2. The van der Waals surface area contributed by atoms with Crippen molar-refractivity contribution in [3.8, 4) is 5.69 Å². The molecule has 1 aliphatic heterocycles. The van der Waals surface area contributed by atoms with Crippen molar-refractivity contribution < 1.29 is 9.18 Å². The van der Waals surface area contributed by atoms with Gasteiger partial charge in [-0.3, -0.25) is 14.3 Å². The average molecular weight is 521 g/mol. The van der Waals surface area contributed by atoms with E-state index in [4.69, 9.17) is 4.98 Å². The quantitative estimate of drug-likeness (QED) is 0.367. The normalized spacial score (nSPS) is 15.0. The standard InChI is InChI=1S/C27H26BrFN4O/c28-21-7-5-19(6-8-21)17-30-27(34)20-13-15-32(16-14-20)18-26-31-24-3-1-2-4-25(24)33(26)23-11-9-22(29)10-12-23/h1-12,20H,13-18H2,(H,30,34). The minimum Gasteiger partial charge on any atom is -0.352 e. The lowest BCUT2D eigenvalue weighted by Crippen LogP contribution is -2.40. The van der Waals surface area contributed by atoms with Gasteiger partial charge in [0.05, 0.1) is 17.6 Å². The highest BCUT2D eigenvalue weighted by Crippen LogP contribution is 2.25. The summed E-state index contributed by atoms with van der Waals surface area (Å²) in [5.74, 6) is 0.824. The third-order valence-corrected chi connectivity index (χ3v) is 6.95. The zero-order valence-corrected chi connectivity index (χ0v) is 20.3. The van der Waals surface area contributed by atoms with Gasteiger partial charge in [0, 0.05) is 22.6 Å². The van der Waals surface area contributed by atoms with Crippen molar-refractivity contribution in [2.24, 2.45) is 5.92 Å². The van der Waals surface area contributed by atoms with E-state index in [2.05, 4.69) is 30.7 Å². The van der Waals surface area contributed by atoms with Crippen LogP contribution in [-0.4, -0.2) is 33.4 Å². The number of nitrogens with one attached hydrogen (secondary N) is 1. The maximum absolute atomic E-state index is 13.5. The van der Waals surface area contributed by atoms with E-state index in [1.165, 1.54) is 12.1 Å². The van der Waals surface area contributed by atoms with Crippen LogP contribution in [0.5, 0.6) is 0 Å². The van der Waals surface area contributed by atoms with E-state index in [0.717, 1.165) is 58.5 Å². The van der Waals surface area contributed by atoms with Gasteiger partial charge in [0.2, 0.25) is 5.91 Å². The Bertz CT molecular complexity index is 1280. The summed E-state index contributed by atoms with van der Waals surface area (Å²) in [5, 5.41) is 3.09. The highest BCUT2D eigenvalue weighted by Gasteiger charge is 2.26. The molecule has 1 aliphatic rings. The molecule has 5 nitrogen and oxygen atoms in total. The van der Waals surface area contributed by atoms with E-state index in [-0.39, 0.29) is 17.6 Å². The number of likely N-dealkylation sites (tertiary alicyclic amines) is 1. The third kappa shape index (κ3) is 5.05. The van der Waals surface area contributed by atoms with Crippen molar-refractivity contribution in [3.63, 3.8) is 0 Å². The number of hydrogen-bond acceptors (Lipinski definition) is 3. The molecule has 34 heavy (non-hydrogen) atoms. The van der Waals surface area contributed by atoms with Crippen LogP contribution in [0.3, 0.4) is 0 Å². The number of nitrogens with zero attached hydrogens (tertiary/aromatic N) is 3. The fourth-order valence-electron chi connectivity index (χ4n) is 4.55. The smallest absolute Gasteiger partial charge is 0.223 e. The Morgan fingerprint density at radius 1 is 1.00 bits per heavy atom. The lowest BCUT2D eigenvalue weighted by molar-refractivity contribution is -0.126. The summed E-state index contributed by atoms with van der Waals surface area (Å²) in [4.78, 5) is 19.9. The van der Waals surface area contributed by atoms with Crippen molar-refractivity contribution in [1.82, 2.24) is 19.8 Å². The Kier molecular flexibility index (Phi) is 6.74. The first-order valence-electron chi connectivity index (χ1n) is 11.5. The summed E-state index contributed by atoms with van der Waals surface area (Å²) in [6.07, 6.45) is 1.64. The highest BCUT2D eigenvalue weighted by atomic mass is 79.9. The Morgan fingerprint density at radius 3 is 2.44 bits per heavy atom. The molecule has 7 heteroatoms. The summed E-state index contributed by atoms with van der Waals surface area (Å²) < 4.78 is 16.7. The van der Waals surface area contributed by atoms with Gasteiger partial charge in [-0.25, -0.2) is 9.37 Å². The first-order valence-corrected chi connectivity index (χ1v) is 12.3. The predicted molar refractivity (Wildman–Crippen MR) is 135 cm³/mol. The number of rotatable bonds is 6. The molecule has 1 fully saturated rings. The van der Waals surface area contributed by atoms with Gasteiger partial charge >= 0.3 is 0 Å². The number of aromatic nitrogens is 2. The van der Waals surface area contributed by atoms with Crippen molar-refractivity contribution in [3.05, 3.63) is 94.5 Å². The molecule has 1 aromatic heterocycles. The van der Waals surface area contributed by atoms with Crippen LogP contribution in [0.2, 0.25) is 0 Å².